The van der Waals surface area contributed by atoms with Gasteiger partial charge < -0.3 is 15.4 Å². The van der Waals surface area contributed by atoms with Gasteiger partial charge >= 0.3 is 6.09 Å². The van der Waals surface area contributed by atoms with E-state index in [4.69, 9.17) is 4.74 Å². The van der Waals surface area contributed by atoms with Crippen molar-refractivity contribution in [1.29, 1.82) is 0 Å². The van der Waals surface area contributed by atoms with Gasteiger partial charge in [-0.3, -0.25) is 4.79 Å². The van der Waals surface area contributed by atoms with E-state index in [-0.39, 0.29) is 5.91 Å². The molecule has 0 radical (unpaired) electrons. The Kier molecular flexibility index (Phi) is 7.44. The first kappa shape index (κ1) is 21.7. The Balaban J connectivity index is 2.13. The summed E-state index contributed by atoms with van der Waals surface area (Å²) in [6, 6.07) is 13.5. The quantitative estimate of drug-likeness (QED) is 0.742. The molecule has 0 aliphatic carbocycles. The number of rotatable bonds is 7. The van der Waals surface area contributed by atoms with Gasteiger partial charge in [0.2, 0.25) is 5.91 Å². The van der Waals surface area contributed by atoms with Crippen LogP contribution in [0.25, 0.3) is 10.8 Å². The molecule has 0 aliphatic rings. The van der Waals surface area contributed by atoms with Crippen LogP contribution in [0.3, 0.4) is 0 Å². The van der Waals surface area contributed by atoms with Crippen molar-refractivity contribution in [1.82, 2.24) is 10.6 Å². The Bertz CT molecular complexity index is 809. The minimum atomic E-state index is -0.692. The number of carbonyl (C=O) groups excluding carboxylic acids is 2. The number of benzene rings is 2. The van der Waals surface area contributed by atoms with Crippen LogP contribution in [0.15, 0.2) is 42.5 Å². The van der Waals surface area contributed by atoms with Gasteiger partial charge in [-0.1, -0.05) is 56.3 Å². The van der Waals surface area contributed by atoms with E-state index in [0.29, 0.717) is 18.9 Å². The van der Waals surface area contributed by atoms with Crippen LogP contribution in [0.1, 0.15) is 46.6 Å². The van der Waals surface area contributed by atoms with E-state index < -0.39 is 17.7 Å². The van der Waals surface area contributed by atoms with Gasteiger partial charge in [0.05, 0.1) is 0 Å². The van der Waals surface area contributed by atoms with Crippen LogP contribution in [0.2, 0.25) is 0 Å². The van der Waals surface area contributed by atoms with Crippen LogP contribution < -0.4 is 10.6 Å². The summed E-state index contributed by atoms with van der Waals surface area (Å²) < 4.78 is 5.34. The smallest absolute Gasteiger partial charge is 0.408 e. The molecule has 28 heavy (non-hydrogen) atoms. The fraction of sp³-hybridized carbons (Fsp3) is 0.478. The summed E-state index contributed by atoms with van der Waals surface area (Å²) in [7, 11) is 0. The maximum absolute atomic E-state index is 12.7. The van der Waals surface area contributed by atoms with Gasteiger partial charge in [0.1, 0.15) is 11.6 Å². The van der Waals surface area contributed by atoms with Gasteiger partial charge in [0.25, 0.3) is 0 Å². The second-order valence-electron chi connectivity index (χ2n) is 8.56. The van der Waals surface area contributed by atoms with Crippen LogP contribution in [0.5, 0.6) is 0 Å². The SMILES string of the molecule is CC(C)CCNC(=O)[C@@H](Cc1ccc2ccccc2c1)NC(=O)OC(C)(C)C. The number of hydrogen-bond donors (Lipinski definition) is 2. The van der Waals surface area contributed by atoms with Gasteiger partial charge in [-0.05, 0) is 49.4 Å². The van der Waals surface area contributed by atoms with Gasteiger partial charge in [0, 0.05) is 13.0 Å². The first-order valence-electron chi connectivity index (χ1n) is 9.89. The lowest BCUT2D eigenvalue weighted by atomic mass is 10.0. The maximum Gasteiger partial charge on any atom is 0.408 e. The standard InChI is InChI=1S/C23H32N2O3/c1-16(2)12-13-24-21(26)20(25-22(27)28-23(3,4)5)15-17-10-11-18-8-6-7-9-19(18)14-17/h6-11,14,16,20H,12-13,15H2,1-5H3,(H,24,26)(H,25,27)/t20-/m1/s1. The molecule has 2 rings (SSSR count). The molecule has 5 nitrogen and oxygen atoms in total. The molecule has 5 heteroatoms. The maximum atomic E-state index is 12.7. The van der Waals surface area contributed by atoms with Crippen molar-refractivity contribution in [2.24, 2.45) is 5.92 Å². The highest BCUT2D eigenvalue weighted by molar-refractivity contribution is 5.87. The normalized spacial score (nSPS) is 12.6. The third-order valence-electron chi connectivity index (χ3n) is 4.28. The highest BCUT2D eigenvalue weighted by Crippen LogP contribution is 2.17. The van der Waals surface area contributed by atoms with E-state index in [1.807, 2.05) is 36.4 Å². The molecular weight excluding hydrogens is 352 g/mol. The predicted molar refractivity (Wildman–Crippen MR) is 113 cm³/mol. The lowest BCUT2D eigenvalue weighted by Gasteiger charge is -2.23. The molecule has 0 unspecified atom stereocenters. The zero-order chi connectivity index (χ0) is 20.7. The Hall–Kier alpha value is -2.56. The largest absolute Gasteiger partial charge is 0.444 e. The van der Waals surface area contributed by atoms with Crippen molar-refractivity contribution >= 4 is 22.8 Å². The molecule has 2 amide bonds. The molecule has 2 aromatic carbocycles. The minimum absolute atomic E-state index is 0.195. The molecule has 0 aromatic heterocycles. The average Bonchev–Trinajstić information content (AvgIpc) is 2.59. The molecule has 2 N–H and O–H groups in total. The van der Waals surface area contributed by atoms with Gasteiger partial charge in [-0.25, -0.2) is 4.79 Å². The summed E-state index contributed by atoms with van der Waals surface area (Å²) in [5.74, 6) is 0.303. The van der Waals surface area contributed by atoms with Crippen molar-refractivity contribution in [3.63, 3.8) is 0 Å². The van der Waals surface area contributed by atoms with Crippen molar-refractivity contribution in [2.75, 3.05) is 6.54 Å². The summed E-state index contributed by atoms with van der Waals surface area (Å²) in [4.78, 5) is 25.0. The molecular formula is C23H32N2O3. The summed E-state index contributed by atoms with van der Waals surface area (Å²) in [6.07, 6.45) is 0.704. The highest BCUT2D eigenvalue weighted by atomic mass is 16.6. The molecule has 0 aliphatic heterocycles. The molecule has 0 saturated heterocycles. The topological polar surface area (TPSA) is 67.4 Å². The van der Waals surface area contributed by atoms with Crippen molar-refractivity contribution in [2.45, 2.75) is 59.1 Å². The van der Waals surface area contributed by atoms with Crippen molar-refractivity contribution in [3.8, 4) is 0 Å². The summed E-state index contributed by atoms with van der Waals surface area (Å²) >= 11 is 0. The van der Waals surface area contributed by atoms with Crippen molar-refractivity contribution in [3.05, 3.63) is 48.0 Å². The van der Waals surface area contributed by atoms with Gasteiger partial charge in [-0.15, -0.1) is 0 Å². The average molecular weight is 385 g/mol. The van der Waals surface area contributed by atoms with E-state index in [9.17, 15) is 9.59 Å². The van der Waals surface area contributed by atoms with Crippen LogP contribution in [0, 0.1) is 5.92 Å². The number of nitrogens with one attached hydrogen (secondary N) is 2. The number of carbonyl (C=O) groups is 2. The van der Waals surface area contributed by atoms with Crippen molar-refractivity contribution < 1.29 is 14.3 Å². The van der Waals surface area contributed by atoms with Crippen LogP contribution in [-0.4, -0.2) is 30.2 Å². The minimum Gasteiger partial charge on any atom is -0.444 e. The Morgan fingerprint density at radius 3 is 2.36 bits per heavy atom. The number of alkyl carbamates (subject to hydrolysis) is 1. The van der Waals surface area contributed by atoms with E-state index in [1.54, 1.807) is 20.8 Å². The molecule has 0 fully saturated rings. The van der Waals surface area contributed by atoms with Gasteiger partial charge in [0.15, 0.2) is 0 Å². The number of ether oxygens (including phenoxy) is 1. The van der Waals surface area contributed by atoms with Crippen LogP contribution in [-0.2, 0) is 16.0 Å². The lowest BCUT2D eigenvalue weighted by Crippen LogP contribution is -2.49. The fourth-order valence-corrected chi connectivity index (χ4v) is 2.87. The number of amides is 2. The van der Waals surface area contributed by atoms with Gasteiger partial charge in [-0.2, -0.15) is 0 Å². The molecule has 0 spiro atoms. The molecule has 0 saturated carbocycles. The van der Waals surface area contributed by atoms with E-state index in [2.05, 4.69) is 30.5 Å². The Morgan fingerprint density at radius 1 is 1.04 bits per heavy atom. The zero-order valence-electron chi connectivity index (χ0n) is 17.5. The summed E-state index contributed by atoms with van der Waals surface area (Å²) in [5.41, 5.74) is 0.366. The Labute approximate surface area is 167 Å². The summed E-state index contributed by atoms with van der Waals surface area (Å²) in [5, 5.41) is 7.92. The number of fused-ring (bicyclic) bond motifs is 1. The monoisotopic (exact) mass is 384 g/mol. The third kappa shape index (κ3) is 7.22. The highest BCUT2D eigenvalue weighted by Gasteiger charge is 2.24. The predicted octanol–water partition coefficient (Wildman–Crippen LogP) is 4.44. The Morgan fingerprint density at radius 2 is 1.71 bits per heavy atom. The lowest BCUT2D eigenvalue weighted by molar-refractivity contribution is -0.123. The fourth-order valence-electron chi connectivity index (χ4n) is 2.87. The molecule has 2 aromatic rings. The van der Waals surface area contributed by atoms with E-state index in [1.165, 1.54) is 0 Å². The van der Waals surface area contributed by atoms with Crippen LogP contribution in [0.4, 0.5) is 4.79 Å². The van der Waals surface area contributed by atoms with E-state index in [0.717, 1.165) is 22.8 Å². The second kappa shape index (κ2) is 9.58. The first-order valence-corrected chi connectivity index (χ1v) is 9.89. The number of hydrogen-bond acceptors (Lipinski definition) is 3. The molecule has 0 heterocycles. The first-order chi connectivity index (χ1) is 13.1. The summed E-state index contributed by atoms with van der Waals surface area (Å²) in [6.45, 7) is 10.2. The van der Waals surface area contributed by atoms with E-state index >= 15 is 0 Å². The third-order valence-corrected chi connectivity index (χ3v) is 4.28. The molecule has 1 atom stereocenters. The molecule has 0 bridgehead atoms. The second-order valence-corrected chi connectivity index (χ2v) is 8.56. The van der Waals surface area contributed by atoms with Crippen LogP contribution >= 0.6 is 0 Å². The molecule has 152 valence electrons. The zero-order valence-corrected chi connectivity index (χ0v) is 17.5.